The zero-order chi connectivity index (χ0) is 24.1. The average molecular weight is 469 g/mol. The molecule has 10 nitrogen and oxygen atoms in total. The van der Waals surface area contributed by atoms with E-state index in [1.165, 1.54) is 0 Å². The summed E-state index contributed by atoms with van der Waals surface area (Å²) in [6, 6.07) is 4.44. The minimum Gasteiger partial charge on any atom is -0.380 e. The molecule has 184 valence electrons. The van der Waals surface area contributed by atoms with Crippen molar-refractivity contribution in [2.24, 2.45) is 0 Å². The number of piperazine rings is 1. The van der Waals surface area contributed by atoms with Crippen LogP contribution in [-0.2, 0) is 22.6 Å². The van der Waals surface area contributed by atoms with Gasteiger partial charge in [-0.2, -0.15) is 10.1 Å². The maximum Gasteiger partial charge on any atom is 0.228 e. The van der Waals surface area contributed by atoms with E-state index in [9.17, 15) is 0 Å². The van der Waals surface area contributed by atoms with Gasteiger partial charge in [0.05, 0.1) is 19.8 Å². The van der Waals surface area contributed by atoms with E-state index >= 15 is 0 Å². The molecule has 1 aliphatic rings. The highest BCUT2D eigenvalue weighted by Gasteiger charge is 2.24. The molecule has 2 N–H and O–H groups in total. The van der Waals surface area contributed by atoms with Crippen LogP contribution >= 0.6 is 0 Å². The van der Waals surface area contributed by atoms with E-state index in [1.54, 1.807) is 0 Å². The van der Waals surface area contributed by atoms with Crippen molar-refractivity contribution in [3.05, 3.63) is 29.1 Å². The first-order valence-corrected chi connectivity index (χ1v) is 12.1. The summed E-state index contributed by atoms with van der Waals surface area (Å²) in [5, 5.41) is 11.8. The number of rotatable bonds is 10. The number of aromatic nitrogens is 5. The van der Waals surface area contributed by atoms with Crippen molar-refractivity contribution in [1.82, 2.24) is 30.0 Å². The first-order chi connectivity index (χ1) is 16.5. The van der Waals surface area contributed by atoms with Gasteiger partial charge in [-0.1, -0.05) is 0 Å². The molecule has 0 amide bonds. The van der Waals surface area contributed by atoms with Crippen LogP contribution in [0, 0.1) is 13.8 Å². The van der Waals surface area contributed by atoms with Crippen molar-refractivity contribution in [2.45, 2.75) is 53.8 Å². The Morgan fingerprint density at radius 1 is 1.12 bits per heavy atom. The number of aryl methyl sites for hydroxylation is 2. The summed E-state index contributed by atoms with van der Waals surface area (Å²) in [7, 11) is 0. The van der Waals surface area contributed by atoms with Crippen molar-refractivity contribution in [1.29, 1.82) is 0 Å². The summed E-state index contributed by atoms with van der Waals surface area (Å²) in [6.45, 7) is 15.6. The van der Waals surface area contributed by atoms with E-state index in [1.807, 2.05) is 31.5 Å². The van der Waals surface area contributed by atoms with E-state index in [4.69, 9.17) is 24.5 Å². The summed E-state index contributed by atoms with van der Waals surface area (Å²) in [4.78, 5) is 16.9. The average Bonchev–Trinajstić information content (AvgIpc) is 3.15. The smallest absolute Gasteiger partial charge is 0.228 e. The second-order valence-corrected chi connectivity index (χ2v) is 8.67. The predicted octanol–water partition coefficient (Wildman–Crippen LogP) is 2.95. The Kier molecular flexibility index (Phi) is 7.91. The van der Waals surface area contributed by atoms with Crippen LogP contribution < -0.4 is 15.5 Å². The number of hydrogen-bond donors (Lipinski definition) is 2. The number of hydrogen-bond acceptors (Lipinski definition) is 9. The van der Waals surface area contributed by atoms with Crippen molar-refractivity contribution < 1.29 is 9.47 Å². The predicted molar refractivity (Wildman–Crippen MR) is 134 cm³/mol. The van der Waals surface area contributed by atoms with Gasteiger partial charge in [-0.05, 0) is 52.3 Å². The Bertz CT molecular complexity index is 1100. The standard InChI is InChI=1S/C24H36N8O2/c1-6-33-11-10-32-22-21(19(30-32)15-34-7-2)28-24(31-9-8-25-18(5)14-31)29-23(22)27-20-13-16(3)12-17(4)26-20/h12-13,18,25H,6-11,14-15H2,1-5H3,(H,26,27,28,29)/t18-/m1/s1. The van der Waals surface area contributed by atoms with Crippen LogP contribution in [0.1, 0.15) is 37.7 Å². The topological polar surface area (TPSA) is 102 Å². The fourth-order valence-electron chi connectivity index (χ4n) is 4.25. The summed E-state index contributed by atoms with van der Waals surface area (Å²) >= 11 is 0. The third-order valence-electron chi connectivity index (χ3n) is 5.74. The maximum atomic E-state index is 5.73. The highest BCUT2D eigenvalue weighted by molar-refractivity contribution is 5.90. The van der Waals surface area contributed by atoms with Gasteiger partial charge in [0.15, 0.2) is 5.82 Å². The van der Waals surface area contributed by atoms with Crippen molar-refractivity contribution >= 4 is 28.6 Å². The molecule has 0 aliphatic carbocycles. The molecule has 3 aromatic rings. The van der Waals surface area contributed by atoms with Gasteiger partial charge in [0.25, 0.3) is 0 Å². The normalized spacial score (nSPS) is 16.4. The molecule has 34 heavy (non-hydrogen) atoms. The number of pyridine rings is 1. The number of nitrogens with zero attached hydrogens (tertiary/aromatic N) is 6. The SMILES string of the molecule is CCOCCn1nc(COCC)c2nc(N3CCN[C@H](C)C3)nc(Nc3cc(C)cc(C)n3)c21. The molecule has 1 atom stereocenters. The lowest BCUT2D eigenvalue weighted by Crippen LogP contribution is -2.49. The van der Waals surface area contributed by atoms with Crippen LogP contribution in [0.3, 0.4) is 0 Å². The highest BCUT2D eigenvalue weighted by Crippen LogP contribution is 2.29. The molecule has 1 aliphatic heterocycles. The number of fused-ring (bicyclic) bond motifs is 1. The van der Waals surface area contributed by atoms with Gasteiger partial charge in [0.1, 0.15) is 22.5 Å². The van der Waals surface area contributed by atoms with Gasteiger partial charge in [0.2, 0.25) is 5.95 Å². The van der Waals surface area contributed by atoms with Crippen LogP contribution in [0.25, 0.3) is 11.0 Å². The molecule has 0 saturated carbocycles. The summed E-state index contributed by atoms with van der Waals surface area (Å²) in [6.07, 6.45) is 0. The minimum absolute atomic E-state index is 0.363. The Morgan fingerprint density at radius 2 is 1.94 bits per heavy atom. The Balaban J connectivity index is 1.83. The number of anilines is 3. The van der Waals surface area contributed by atoms with Gasteiger partial charge in [-0.3, -0.25) is 4.68 Å². The Labute approximate surface area is 201 Å². The second kappa shape index (κ2) is 11.1. The molecule has 0 aromatic carbocycles. The summed E-state index contributed by atoms with van der Waals surface area (Å²) in [5.74, 6) is 2.13. The second-order valence-electron chi connectivity index (χ2n) is 8.67. The van der Waals surface area contributed by atoms with E-state index in [-0.39, 0.29) is 0 Å². The fourth-order valence-corrected chi connectivity index (χ4v) is 4.25. The van der Waals surface area contributed by atoms with E-state index < -0.39 is 0 Å². The third kappa shape index (κ3) is 5.63. The maximum absolute atomic E-state index is 5.73. The molecular formula is C24H36N8O2. The molecular weight excluding hydrogens is 432 g/mol. The molecule has 1 fully saturated rings. The minimum atomic E-state index is 0.363. The fraction of sp³-hybridized carbons (Fsp3) is 0.583. The molecule has 3 aromatic heterocycles. The van der Waals surface area contributed by atoms with Crippen LogP contribution in [0.2, 0.25) is 0 Å². The quantitative estimate of drug-likeness (QED) is 0.435. The highest BCUT2D eigenvalue weighted by atomic mass is 16.5. The molecule has 0 radical (unpaired) electrons. The first-order valence-electron chi connectivity index (χ1n) is 12.1. The lowest BCUT2D eigenvalue weighted by molar-refractivity contribution is 0.128. The lowest BCUT2D eigenvalue weighted by Gasteiger charge is -2.32. The molecule has 0 spiro atoms. The van der Waals surface area contributed by atoms with Gasteiger partial charge >= 0.3 is 0 Å². The van der Waals surface area contributed by atoms with E-state index in [0.717, 1.165) is 53.4 Å². The van der Waals surface area contributed by atoms with Gasteiger partial charge in [0, 0.05) is 44.6 Å². The number of ether oxygens (including phenoxy) is 2. The van der Waals surface area contributed by atoms with Gasteiger partial charge in [-0.25, -0.2) is 9.97 Å². The summed E-state index contributed by atoms with van der Waals surface area (Å²) < 4.78 is 13.3. The molecule has 0 bridgehead atoms. The van der Waals surface area contributed by atoms with Crippen LogP contribution in [-0.4, -0.2) is 70.2 Å². The zero-order valence-corrected chi connectivity index (χ0v) is 20.9. The molecule has 0 unspecified atom stereocenters. The lowest BCUT2D eigenvalue weighted by atomic mass is 10.2. The molecule has 4 heterocycles. The molecule has 1 saturated heterocycles. The Morgan fingerprint density at radius 3 is 2.68 bits per heavy atom. The van der Waals surface area contributed by atoms with Gasteiger partial charge in [-0.15, -0.1) is 0 Å². The van der Waals surface area contributed by atoms with Crippen LogP contribution in [0.4, 0.5) is 17.6 Å². The van der Waals surface area contributed by atoms with Crippen molar-refractivity contribution in [3.8, 4) is 0 Å². The van der Waals surface area contributed by atoms with Gasteiger partial charge < -0.3 is 25.0 Å². The van der Waals surface area contributed by atoms with Crippen LogP contribution in [0.5, 0.6) is 0 Å². The largest absolute Gasteiger partial charge is 0.380 e. The van der Waals surface area contributed by atoms with Crippen LogP contribution in [0.15, 0.2) is 12.1 Å². The monoisotopic (exact) mass is 468 g/mol. The summed E-state index contributed by atoms with van der Waals surface area (Å²) in [5.41, 5.74) is 4.52. The van der Waals surface area contributed by atoms with E-state index in [0.29, 0.717) is 50.8 Å². The molecule has 10 heteroatoms. The number of nitrogens with one attached hydrogen (secondary N) is 2. The Hall–Kier alpha value is -2.82. The zero-order valence-electron chi connectivity index (χ0n) is 20.9. The third-order valence-corrected chi connectivity index (χ3v) is 5.74. The van der Waals surface area contributed by atoms with E-state index in [2.05, 4.69) is 40.4 Å². The van der Waals surface area contributed by atoms with Crippen molar-refractivity contribution in [3.63, 3.8) is 0 Å². The first kappa shape index (κ1) is 24.3. The molecule has 4 rings (SSSR count). The van der Waals surface area contributed by atoms with Crippen molar-refractivity contribution in [2.75, 3.05) is 49.7 Å².